The van der Waals surface area contributed by atoms with Gasteiger partial charge in [0.1, 0.15) is 11.3 Å². The first-order valence-corrected chi connectivity index (χ1v) is 10.2. The quantitative estimate of drug-likeness (QED) is 0.669. The largest absolute Gasteiger partial charge is 0.496 e. The van der Waals surface area contributed by atoms with Crippen LogP contribution >= 0.6 is 0 Å². The molecule has 1 aliphatic heterocycles. The van der Waals surface area contributed by atoms with Gasteiger partial charge in [0, 0.05) is 18.7 Å². The molecular weight excluding hydrogens is 378 g/mol. The Balaban J connectivity index is 1.63. The summed E-state index contributed by atoms with van der Waals surface area (Å²) in [5.74, 6) is -0.144. The van der Waals surface area contributed by atoms with Gasteiger partial charge in [0.2, 0.25) is 0 Å². The van der Waals surface area contributed by atoms with Crippen LogP contribution < -0.4 is 15.5 Å². The molecule has 0 spiro atoms. The lowest BCUT2D eigenvalue weighted by Gasteiger charge is -2.27. The SMILES string of the molecule is COc1cccc(NC(=O)c2cccc3ccccc23)c1C(=O)NN1CCCCC1. The molecule has 1 aliphatic rings. The van der Waals surface area contributed by atoms with Crippen molar-refractivity contribution in [3.8, 4) is 5.75 Å². The van der Waals surface area contributed by atoms with Gasteiger partial charge in [-0.05, 0) is 41.8 Å². The number of hydrazine groups is 1. The molecule has 6 heteroatoms. The van der Waals surface area contributed by atoms with E-state index < -0.39 is 0 Å². The Morgan fingerprint density at radius 1 is 0.867 bits per heavy atom. The number of rotatable bonds is 5. The molecule has 30 heavy (non-hydrogen) atoms. The van der Waals surface area contributed by atoms with Crippen molar-refractivity contribution in [2.45, 2.75) is 19.3 Å². The zero-order valence-corrected chi connectivity index (χ0v) is 17.0. The first-order chi connectivity index (χ1) is 14.7. The van der Waals surface area contributed by atoms with Gasteiger partial charge in [0.25, 0.3) is 11.8 Å². The third-order valence-corrected chi connectivity index (χ3v) is 5.37. The fourth-order valence-corrected chi connectivity index (χ4v) is 3.86. The van der Waals surface area contributed by atoms with Crippen molar-refractivity contribution >= 4 is 28.3 Å². The fourth-order valence-electron chi connectivity index (χ4n) is 3.86. The maximum Gasteiger partial charge on any atom is 0.271 e. The van der Waals surface area contributed by atoms with Crippen LogP contribution in [0.15, 0.2) is 60.7 Å². The van der Waals surface area contributed by atoms with Gasteiger partial charge < -0.3 is 10.1 Å². The van der Waals surface area contributed by atoms with E-state index in [4.69, 9.17) is 4.74 Å². The molecule has 1 heterocycles. The summed E-state index contributed by atoms with van der Waals surface area (Å²) in [6.45, 7) is 1.64. The van der Waals surface area contributed by atoms with Crippen LogP contribution in [-0.2, 0) is 0 Å². The predicted octanol–water partition coefficient (Wildman–Crippen LogP) is 4.23. The number of fused-ring (bicyclic) bond motifs is 1. The Morgan fingerprint density at radius 3 is 2.40 bits per heavy atom. The van der Waals surface area contributed by atoms with E-state index in [0.29, 0.717) is 22.6 Å². The average Bonchev–Trinajstić information content (AvgIpc) is 2.79. The number of anilines is 1. The van der Waals surface area contributed by atoms with Crippen molar-refractivity contribution in [1.29, 1.82) is 0 Å². The standard InChI is InChI=1S/C24H25N3O3/c1-30-21-14-8-13-20(22(21)24(29)26-27-15-5-2-6-16-27)25-23(28)19-12-7-10-17-9-3-4-11-18(17)19/h3-4,7-14H,2,5-6,15-16H2,1H3,(H,25,28)(H,26,29). The molecule has 0 radical (unpaired) electrons. The van der Waals surface area contributed by atoms with Crippen molar-refractivity contribution in [2.24, 2.45) is 0 Å². The molecule has 2 N–H and O–H groups in total. The van der Waals surface area contributed by atoms with Crippen molar-refractivity contribution in [3.63, 3.8) is 0 Å². The number of nitrogens with one attached hydrogen (secondary N) is 2. The molecule has 1 saturated heterocycles. The lowest BCUT2D eigenvalue weighted by molar-refractivity contribution is 0.0748. The minimum Gasteiger partial charge on any atom is -0.496 e. The van der Waals surface area contributed by atoms with Crippen LogP contribution in [0.5, 0.6) is 5.75 Å². The summed E-state index contributed by atoms with van der Waals surface area (Å²) in [7, 11) is 1.52. The number of hydrogen-bond acceptors (Lipinski definition) is 4. The summed E-state index contributed by atoms with van der Waals surface area (Å²) in [4.78, 5) is 26.2. The van der Waals surface area contributed by atoms with E-state index in [9.17, 15) is 9.59 Å². The van der Waals surface area contributed by atoms with Gasteiger partial charge >= 0.3 is 0 Å². The first-order valence-electron chi connectivity index (χ1n) is 10.2. The fraction of sp³-hybridized carbons (Fsp3) is 0.250. The van der Waals surface area contributed by atoms with Crippen LogP contribution in [0.2, 0.25) is 0 Å². The first kappa shape index (κ1) is 19.9. The molecule has 3 aromatic rings. The molecule has 0 aliphatic carbocycles. The minimum atomic E-state index is -0.289. The zero-order chi connectivity index (χ0) is 20.9. The maximum atomic E-state index is 13.1. The van der Waals surface area contributed by atoms with Crippen molar-refractivity contribution in [1.82, 2.24) is 10.4 Å². The molecule has 3 aromatic carbocycles. The summed E-state index contributed by atoms with van der Waals surface area (Å²) in [5, 5.41) is 6.68. The van der Waals surface area contributed by atoms with Gasteiger partial charge in [0.05, 0.1) is 12.8 Å². The highest BCUT2D eigenvalue weighted by atomic mass is 16.5. The lowest BCUT2D eigenvalue weighted by Crippen LogP contribution is -2.45. The van der Waals surface area contributed by atoms with Gasteiger partial charge in [0.15, 0.2) is 0 Å². The number of piperidine rings is 1. The predicted molar refractivity (Wildman–Crippen MR) is 118 cm³/mol. The molecule has 0 unspecified atom stereocenters. The van der Waals surface area contributed by atoms with Gasteiger partial charge in [-0.3, -0.25) is 15.0 Å². The van der Waals surface area contributed by atoms with Crippen molar-refractivity contribution in [3.05, 3.63) is 71.8 Å². The second-order valence-corrected chi connectivity index (χ2v) is 7.35. The van der Waals surface area contributed by atoms with Gasteiger partial charge in [-0.25, -0.2) is 5.01 Å². The number of methoxy groups -OCH3 is 1. The summed E-state index contributed by atoms with van der Waals surface area (Å²) in [5.41, 5.74) is 4.25. The average molecular weight is 403 g/mol. The van der Waals surface area contributed by atoms with Crippen LogP contribution in [0.25, 0.3) is 10.8 Å². The number of nitrogens with zero attached hydrogens (tertiary/aromatic N) is 1. The molecule has 0 saturated carbocycles. The Hall–Kier alpha value is -3.38. The number of benzene rings is 3. The summed E-state index contributed by atoms with van der Waals surface area (Å²) in [6, 6.07) is 18.5. The van der Waals surface area contributed by atoms with E-state index in [1.807, 2.05) is 41.4 Å². The molecule has 154 valence electrons. The normalized spacial score (nSPS) is 14.3. The second-order valence-electron chi connectivity index (χ2n) is 7.35. The van der Waals surface area contributed by atoms with E-state index in [2.05, 4.69) is 10.7 Å². The Bertz CT molecular complexity index is 1070. The summed E-state index contributed by atoms with van der Waals surface area (Å²) >= 11 is 0. The van der Waals surface area contributed by atoms with Crippen LogP contribution in [-0.4, -0.2) is 37.0 Å². The summed E-state index contributed by atoms with van der Waals surface area (Å²) in [6.07, 6.45) is 3.28. The molecule has 0 aromatic heterocycles. The van der Waals surface area contributed by atoms with Gasteiger partial charge in [-0.15, -0.1) is 0 Å². The van der Waals surface area contributed by atoms with E-state index in [1.165, 1.54) is 13.5 Å². The highest BCUT2D eigenvalue weighted by Gasteiger charge is 2.22. The third kappa shape index (κ3) is 4.14. The second kappa shape index (κ2) is 8.97. The number of amides is 2. The van der Waals surface area contributed by atoms with Gasteiger partial charge in [-0.1, -0.05) is 48.9 Å². The zero-order valence-electron chi connectivity index (χ0n) is 17.0. The Morgan fingerprint density at radius 2 is 1.60 bits per heavy atom. The molecule has 1 fully saturated rings. The van der Waals surface area contributed by atoms with Crippen LogP contribution in [0.3, 0.4) is 0 Å². The van der Waals surface area contributed by atoms with Crippen LogP contribution in [0, 0.1) is 0 Å². The van der Waals surface area contributed by atoms with E-state index in [1.54, 1.807) is 24.3 Å². The Labute approximate surface area is 175 Å². The van der Waals surface area contributed by atoms with Crippen molar-refractivity contribution < 1.29 is 14.3 Å². The lowest BCUT2D eigenvalue weighted by atomic mass is 10.0. The number of ether oxygens (including phenoxy) is 1. The number of carbonyl (C=O) groups excluding carboxylic acids is 2. The molecule has 2 amide bonds. The third-order valence-electron chi connectivity index (χ3n) is 5.37. The van der Waals surface area contributed by atoms with Crippen molar-refractivity contribution in [2.75, 3.05) is 25.5 Å². The van der Waals surface area contributed by atoms with E-state index in [-0.39, 0.29) is 11.8 Å². The smallest absolute Gasteiger partial charge is 0.271 e. The molecule has 4 rings (SSSR count). The molecular formula is C24H25N3O3. The molecule has 0 bridgehead atoms. The van der Waals surface area contributed by atoms with Crippen LogP contribution in [0.1, 0.15) is 40.0 Å². The maximum absolute atomic E-state index is 13.1. The van der Waals surface area contributed by atoms with Gasteiger partial charge in [-0.2, -0.15) is 0 Å². The number of carbonyl (C=O) groups is 2. The number of hydrogen-bond donors (Lipinski definition) is 2. The minimum absolute atomic E-state index is 0.271. The summed E-state index contributed by atoms with van der Waals surface area (Å²) < 4.78 is 5.42. The molecule has 0 atom stereocenters. The Kier molecular flexibility index (Phi) is 5.95. The monoisotopic (exact) mass is 403 g/mol. The van der Waals surface area contributed by atoms with E-state index >= 15 is 0 Å². The van der Waals surface area contributed by atoms with E-state index in [0.717, 1.165) is 36.7 Å². The topological polar surface area (TPSA) is 70.7 Å². The van der Waals surface area contributed by atoms with Crippen LogP contribution in [0.4, 0.5) is 5.69 Å². The highest BCUT2D eigenvalue weighted by molar-refractivity contribution is 6.15. The highest BCUT2D eigenvalue weighted by Crippen LogP contribution is 2.28. The molecule has 6 nitrogen and oxygen atoms in total.